The molecule has 1 heterocycles. The minimum atomic E-state index is -0.361. The fourth-order valence-electron chi connectivity index (χ4n) is 2.62. The second-order valence-corrected chi connectivity index (χ2v) is 4.90. The van der Waals surface area contributed by atoms with Crippen LogP contribution in [0.5, 0.6) is 0 Å². The van der Waals surface area contributed by atoms with Crippen LogP contribution in [0, 0.1) is 17.0 Å². The highest BCUT2D eigenvalue weighted by Gasteiger charge is 2.13. The van der Waals surface area contributed by atoms with Gasteiger partial charge in [-0.2, -0.15) is 0 Å². The predicted molar refractivity (Wildman–Crippen MR) is 84.0 cm³/mol. The molecule has 3 rings (SSSR count). The van der Waals surface area contributed by atoms with Gasteiger partial charge in [0.2, 0.25) is 0 Å². The molecule has 105 valence electrons. The van der Waals surface area contributed by atoms with Crippen LogP contribution in [0.1, 0.15) is 6.42 Å². The van der Waals surface area contributed by atoms with Crippen molar-refractivity contribution in [2.24, 2.45) is 0 Å². The second-order valence-electron chi connectivity index (χ2n) is 4.90. The molecule has 4 heteroatoms. The van der Waals surface area contributed by atoms with E-state index in [0.29, 0.717) is 0 Å². The quantitative estimate of drug-likeness (QED) is 0.523. The SMILES string of the molecule is [CH2]CCn1c(-c2ccccc2)cc2cc([N+](=O)[O-])ccc21. The van der Waals surface area contributed by atoms with E-state index in [2.05, 4.69) is 11.5 Å². The van der Waals surface area contributed by atoms with Crippen LogP contribution >= 0.6 is 0 Å². The number of hydrogen-bond acceptors (Lipinski definition) is 2. The first-order chi connectivity index (χ1) is 10.2. The molecule has 0 N–H and O–H groups in total. The summed E-state index contributed by atoms with van der Waals surface area (Å²) in [5.74, 6) is 0. The van der Waals surface area contributed by atoms with Crippen LogP contribution in [0.2, 0.25) is 0 Å². The number of nitro groups is 1. The molecule has 3 aromatic rings. The first-order valence-electron chi connectivity index (χ1n) is 6.83. The van der Waals surface area contributed by atoms with Crippen LogP contribution in [0.25, 0.3) is 22.2 Å². The molecule has 0 bridgehead atoms. The molecule has 21 heavy (non-hydrogen) atoms. The molecular weight excluding hydrogens is 264 g/mol. The van der Waals surface area contributed by atoms with Gasteiger partial charge >= 0.3 is 0 Å². The van der Waals surface area contributed by atoms with E-state index in [1.54, 1.807) is 12.1 Å². The van der Waals surface area contributed by atoms with Crippen LogP contribution in [0.15, 0.2) is 54.6 Å². The lowest BCUT2D eigenvalue weighted by atomic mass is 10.1. The molecule has 0 atom stereocenters. The average molecular weight is 279 g/mol. The number of rotatable bonds is 4. The van der Waals surface area contributed by atoms with E-state index in [-0.39, 0.29) is 10.6 Å². The molecule has 0 unspecified atom stereocenters. The minimum absolute atomic E-state index is 0.119. The highest BCUT2D eigenvalue weighted by Crippen LogP contribution is 2.30. The zero-order valence-electron chi connectivity index (χ0n) is 11.5. The Hall–Kier alpha value is -2.62. The molecule has 1 aromatic heterocycles. The number of hydrogen-bond donors (Lipinski definition) is 0. The molecule has 0 aliphatic heterocycles. The maximum absolute atomic E-state index is 10.9. The van der Waals surface area contributed by atoms with E-state index in [4.69, 9.17) is 0 Å². The number of nitro benzene ring substituents is 1. The van der Waals surface area contributed by atoms with Gasteiger partial charge in [-0.1, -0.05) is 37.3 Å². The molecule has 4 nitrogen and oxygen atoms in total. The number of aryl methyl sites for hydroxylation is 1. The van der Waals surface area contributed by atoms with Crippen molar-refractivity contribution in [3.63, 3.8) is 0 Å². The standard InChI is InChI=1S/C17H15N2O2/c1-2-10-18-16-9-8-15(19(20)21)11-14(16)12-17(18)13-6-4-3-5-7-13/h3-9,11-12H,1-2,10H2. The highest BCUT2D eigenvalue weighted by molar-refractivity contribution is 5.88. The Morgan fingerprint density at radius 3 is 2.52 bits per heavy atom. The molecule has 0 saturated heterocycles. The van der Waals surface area contributed by atoms with Crippen molar-refractivity contribution in [3.05, 3.63) is 71.6 Å². The maximum Gasteiger partial charge on any atom is 0.270 e. The normalized spacial score (nSPS) is 10.9. The van der Waals surface area contributed by atoms with Gasteiger partial charge in [-0.25, -0.2) is 0 Å². The Balaban J connectivity index is 2.23. The van der Waals surface area contributed by atoms with E-state index in [9.17, 15) is 10.1 Å². The van der Waals surface area contributed by atoms with Gasteiger partial charge in [0, 0.05) is 35.3 Å². The molecule has 0 aliphatic rings. The van der Waals surface area contributed by atoms with Gasteiger partial charge in [0.25, 0.3) is 5.69 Å². The van der Waals surface area contributed by atoms with Gasteiger partial charge in [-0.05, 0) is 24.1 Å². The Morgan fingerprint density at radius 2 is 1.86 bits per heavy atom. The highest BCUT2D eigenvalue weighted by atomic mass is 16.6. The van der Waals surface area contributed by atoms with Crippen LogP contribution in [-0.2, 0) is 6.54 Å². The molecule has 0 saturated carbocycles. The van der Waals surface area contributed by atoms with Crippen molar-refractivity contribution in [2.45, 2.75) is 13.0 Å². The monoisotopic (exact) mass is 279 g/mol. The summed E-state index contributed by atoms with van der Waals surface area (Å²) in [7, 11) is 0. The third-order valence-electron chi connectivity index (χ3n) is 3.55. The van der Waals surface area contributed by atoms with Crippen molar-refractivity contribution in [2.75, 3.05) is 0 Å². The summed E-state index contributed by atoms with van der Waals surface area (Å²) in [4.78, 5) is 10.6. The summed E-state index contributed by atoms with van der Waals surface area (Å²) in [5.41, 5.74) is 3.29. The van der Waals surface area contributed by atoms with E-state index in [0.717, 1.165) is 35.1 Å². The number of aromatic nitrogens is 1. The Kier molecular flexibility index (Phi) is 3.44. The van der Waals surface area contributed by atoms with Crippen molar-refractivity contribution in [1.82, 2.24) is 4.57 Å². The number of fused-ring (bicyclic) bond motifs is 1. The maximum atomic E-state index is 10.9. The van der Waals surface area contributed by atoms with E-state index in [1.807, 2.05) is 42.5 Å². The lowest BCUT2D eigenvalue weighted by Crippen LogP contribution is -1.99. The van der Waals surface area contributed by atoms with Gasteiger partial charge in [0.05, 0.1) is 4.92 Å². The Morgan fingerprint density at radius 1 is 1.10 bits per heavy atom. The minimum Gasteiger partial charge on any atom is -0.340 e. The number of benzene rings is 2. The molecule has 1 radical (unpaired) electrons. The van der Waals surface area contributed by atoms with E-state index < -0.39 is 0 Å². The molecule has 0 spiro atoms. The van der Waals surface area contributed by atoms with Gasteiger partial charge in [0.15, 0.2) is 0 Å². The number of nitrogens with zero attached hydrogens (tertiary/aromatic N) is 2. The van der Waals surface area contributed by atoms with Gasteiger partial charge in [-0.15, -0.1) is 0 Å². The lowest BCUT2D eigenvalue weighted by molar-refractivity contribution is -0.384. The smallest absolute Gasteiger partial charge is 0.270 e. The average Bonchev–Trinajstić information content (AvgIpc) is 2.86. The van der Waals surface area contributed by atoms with Gasteiger partial charge in [0.1, 0.15) is 0 Å². The first-order valence-corrected chi connectivity index (χ1v) is 6.83. The van der Waals surface area contributed by atoms with Crippen LogP contribution in [0.4, 0.5) is 5.69 Å². The summed E-state index contributed by atoms with van der Waals surface area (Å²) in [6.07, 6.45) is 0.764. The Labute approximate surface area is 122 Å². The first kappa shape index (κ1) is 13.4. The zero-order chi connectivity index (χ0) is 14.8. The Bertz CT molecular complexity index is 791. The topological polar surface area (TPSA) is 48.1 Å². The summed E-state index contributed by atoms with van der Waals surface area (Å²) in [5, 5.41) is 11.8. The molecule has 2 aromatic carbocycles. The number of non-ortho nitro benzene ring substituents is 1. The third kappa shape index (κ3) is 2.40. The van der Waals surface area contributed by atoms with Crippen LogP contribution in [-0.4, -0.2) is 9.49 Å². The predicted octanol–water partition coefficient (Wildman–Crippen LogP) is 4.44. The fourth-order valence-corrected chi connectivity index (χ4v) is 2.62. The fraction of sp³-hybridized carbons (Fsp3) is 0.118. The van der Waals surface area contributed by atoms with Crippen LogP contribution < -0.4 is 0 Å². The molecule has 0 amide bonds. The lowest BCUT2D eigenvalue weighted by Gasteiger charge is -2.09. The molecular formula is C17H15N2O2. The van der Waals surface area contributed by atoms with Crippen molar-refractivity contribution >= 4 is 16.6 Å². The van der Waals surface area contributed by atoms with Crippen LogP contribution in [0.3, 0.4) is 0 Å². The van der Waals surface area contributed by atoms with Crippen molar-refractivity contribution in [1.29, 1.82) is 0 Å². The van der Waals surface area contributed by atoms with Gasteiger partial charge < -0.3 is 4.57 Å². The largest absolute Gasteiger partial charge is 0.340 e. The molecule has 0 aliphatic carbocycles. The summed E-state index contributed by atoms with van der Waals surface area (Å²) in [6.45, 7) is 4.70. The van der Waals surface area contributed by atoms with Crippen molar-refractivity contribution in [3.8, 4) is 11.3 Å². The summed E-state index contributed by atoms with van der Waals surface area (Å²) in [6, 6.07) is 17.0. The summed E-state index contributed by atoms with van der Waals surface area (Å²) >= 11 is 0. The third-order valence-corrected chi connectivity index (χ3v) is 3.55. The molecule has 0 fully saturated rings. The van der Waals surface area contributed by atoms with Crippen molar-refractivity contribution < 1.29 is 4.92 Å². The second kappa shape index (κ2) is 5.40. The van der Waals surface area contributed by atoms with E-state index in [1.165, 1.54) is 0 Å². The zero-order valence-corrected chi connectivity index (χ0v) is 11.5. The summed E-state index contributed by atoms with van der Waals surface area (Å²) < 4.78 is 2.17. The van der Waals surface area contributed by atoms with Gasteiger partial charge in [-0.3, -0.25) is 10.1 Å². The van der Waals surface area contributed by atoms with E-state index >= 15 is 0 Å².